The maximum Gasteiger partial charge on any atom is 0.397 e. The molecule has 72 valence electrons. The van der Waals surface area contributed by atoms with Crippen molar-refractivity contribution in [2.45, 2.75) is 32.6 Å². The predicted octanol–water partition coefficient (Wildman–Crippen LogP) is 0.470. The van der Waals surface area contributed by atoms with Crippen molar-refractivity contribution < 1.29 is 17.2 Å². The Bertz CT molecular complexity index is 178. The van der Waals surface area contributed by atoms with Gasteiger partial charge in [-0.15, -0.1) is 0 Å². The third-order valence-corrected chi connectivity index (χ3v) is 1.69. The van der Waals surface area contributed by atoms with Crippen LogP contribution in [0.4, 0.5) is 0 Å². The van der Waals surface area contributed by atoms with Crippen molar-refractivity contribution in [3.63, 3.8) is 0 Å². The van der Waals surface area contributed by atoms with Crippen LogP contribution in [0.2, 0.25) is 0 Å². The molecule has 0 heterocycles. The minimum atomic E-state index is -4.21. The summed E-state index contributed by atoms with van der Waals surface area (Å²) in [7, 11) is -4.21. The third kappa shape index (κ3) is 13.2. The van der Waals surface area contributed by atoms with E-state index >= 15 is 0 Å². The van der Waals surface area contributed by atoms with Crippen molar-refractivity contribution in [2.75, 3.05) is 6.61 Å². The molecule has 0 aliphatic heterocycles. The minimum Gasteiger partial charge on any atom is -0.264 e. The Morgan fingerprint density at radius 1 is 1.25 bits per heavy atom. The number of unbranched alkanes of at least 4 members (excludes halogenated alkanes) is 3. The van der Waals surface area contributed by atoms with Gasteiger partial charge < -0.3 is 0 Å². The molecule has 0 aromatic heterocycles. The molecule has 1 N–H and O–H groups in total. The first-order valence-corrected chi connectivity index (χ1v) is 5.04. The first-order valence-electron chi connectivity index (χ1n) is 3.68. The van der Waals surface area contributed by atoms with Crippen molar-refractivity contribution in [3.05, 3.63) is 0 Å². The lowest BCUT2D eigenvalue weighted by atomic mass is 10.2. The monoisotopic (exact) mass is 208 g/mol. The van der Waals surface area contributed by atoms with Gasteiger partial charge in [-0.25, -0.2) is 4.18 Å². The quantitative estimate of drug-likeness (QED) is 0.392. The summed E-state index contributed by atoms with van der Waals surface area (Å²) in [5.74, 6) is 0. The zero-order valence-corrected chi connectivity index (χ0v) is 7.43. The molecule has 0 saturated heterocycles. The smallest absolute Gasteiger partial charge is 0.264 e. The Kier molecular flexibility index (Phi) is 10.4. The minimum absolute atomic E-state index is 0. The van der Waals surface area contributed by atoms with E-state index in [1.54, 1.807) is 0 Å². The van der Waals surface area contributed by atoms with Crippen LogP contribution in [0.1, 0.15) is 32.6 Å². The summed E-state index contributed by atoms with van der Waals surface area (Å²) in [6.07, 6.45) is 3.76. The maximum atomic E-state index is 10.00. The Balaban J connectivity index is 0. The molecule has 0 amide bonds. The highest BCUT2D eigenvalue weighted by Crippen LogP contribution is 1.99. The largest absolute Gasteiger partial charge is 0.397 e. The van der Waals surface area contributed by atoms with Crippen molar-refractivity contribution in [3.8, 4) is 0 Å². The normalized spacial score (nSPS) is 10.8. The van der Waals surface area contributed by atoms with E-state index in [1.165, 1.54) is 0 Å². The Hall–Kier alpha value is 0.636. The van der Waals surface area contributed by atoms with Crippen LogP contribution in [0.5, 0.6) is 0 Å². The van der Waals surface area contributed by atoms with E-state index in [4.69, 9.17) is 4.55 Å². The third-order valence-electron chi connectivity index (χ3n) is 1.23. The second-order valence-corrected chi connectivity index (χ2v) is 3.40. The van der Waals surface area contributed by atoms with Crippen LogP contribution in [-0.2, 0) is 14.6 Å². The highest BCUT2D eigenvalue weighted by Gasteiger charge is 2.01. The van der Waals surface area contributed by atoms with Gasteiger partial charge in [-0.1, -0.05) is 26.2 Å². The van der Waals surface area contributed by atoms with Gasteiger partial charge in [0.15, 0.2) is 0 Å². The highest BCUT2D eigenvalue weighted by atomic mass is 32.3. The van der Waals surface area contributed by atoms with Gasteiger partial charge in [0, 0.05) is 0 Å². The molecule has 12 heavy (non-hydrogen) atoms. The van der Waals surface area contributed by atoms with Crippen LogP contribution < -0.4 is 0 Å². The molecule has 0 fully saturated rings. The van der Waals surface area contributed by atoms with Gasteiger partial charge in [0.05, 0.1) is 6.61 Å². The van der Waals surface area contributed by atoms with E-state index in [0.717, 1.165) is 19.3 Å². The first-order chi connectivity index (χ1) is 5.06. The molecule has 0 spiro atoms. The molecule has 0 radical (unpaired) electrons. The van der Waals surface area contributed by atoms with Gasteiger partial charge in [0.2, 0.25) is 0 Å². The first kappa shape index (κ1) is 15.1. The second kappa shape index (κ2) is 8.24. The summed E-state index contributed by atoms with van der Waals surface area (Å²) >= 11 is 0. The molecule has 0 aliphatic rings. The van der Waals surface area contributed by atoms with Gasteiger partial charge >= 0.3 is 33.5 Å². The van der Waals surface area contributed by atoms with E-state index in [9.17, 15) is 8.42 Å². The fourth-order valence-corrected chi connectivity index (χ4v) is 1.02. The lowest BCUT2D eigenvalue weighted by Gasteiger charge is -1.98. The van der Waals surface area contributed by atoms with E-state index in [-0.39, 0.29) is 29.7 Å². The summed E-state index contributed by atoms with van der Waals surface area (Å²) in [6.45, 7) is 2.14. The van der Waals surface area contributed by atoms with Crippen molar-refractivity contribution in [1.82, 2.24) is 0 Å². The molecule has 0 unspecified atom stereocenters. The molecule has 4 nitrogen and oxygen atoms in total. The summed E-state index contributed by atoms with van der Waals surface area (Å²) in [5.41, 5.74) is 0. The summed E-state index contributed by atoms with van der Waals surface area (Å²) in [4.78, 5) is 0. The van der Waals surface area contributed by atoms with Gasteiger partial charge in [-0.05, 0) is 6.42 Å². The van der Waals surface area contributed by atoms with Crippen molar-refractivity contribution >= 4 is 33.5 Å². The zero-order valence-electron chi connectivity index (χ0n) is 6.62. The number of hydrogen-bond donors (Lipinski definition) is 1. The topological polar surface area (TPSA) is 63.6 Å². The van der Waals surface area contributed by atoms with Crippen LogP contribution >= 0.6 is 0 Å². The van der Waals surface area contributed by atoms with Crippen molar-refractivity contribution in [1.29, 1.82) is 0 Å². The molecular weight excluding hydrogens is 192 g/mol. The average Bonchev–Trinajstić information content (AvgIpc) is 1.85. The summed E-state index contributed by atoms with van der Waals surface area (Å²) < 4.78 is 32.2. The molecule has 0 rings (SSSR count). The highest BCUT2D eigenvalue weighted by molar-refractivity contribution is 7.80. The lowest BCUT2D eigenvalue weighted by Crippen LogP contribution is -2.04. The van der Waals surface area contributed by atoms with Crippen LogP contribution in [0.15, 0.2) is 0 Å². The van der Waals surface area contributed by atoms with Crippen LogP contribution in [0.3, 0.4) is 0 Å². The summed E-state index contributed by atoms with van der Waals surface area (Å²) in [6, 6.07) is 0. The maximum absolute atomic E-state index is 10.00. The Morgan fingerprint density at radius 3 is 2.25 bits per heavy atom. The molecular formula is C6H16MgO4S. The molecule has 0 aromatic carbocycles. The molecule has 0 bridgehead atoms. The standard InChI is InChI=1S/C6H14O4S.Mg.2H/c1-2-3-4-5-6-10-11(7,8)9;;;/h2-6H2,1H3,(H,7,8,9);;;. The molecule has 6 heteroatoms. The molecule has 0 aromatic rings. The zero-order chi connectivity index (χ0) is 8.74. The SMILES string of the molecule is CCCCCCOS(=O)(=O)O.[MgH2]. The van der Waals surface area contributed by atoms with E-state index in [2.05, 4.69) is 11.1 Å². The second-order valence-electron chi connectivity index (χ2n) is 2.31. The Morgan fingerprint density at radius 2 is 1.83 bits per heavy atom. The van der Waals surface area contributed by atoms with Crippen LogP contribution in [-0.4, -0.2) is 42.6 Å². The van der Waals surface area contributed by atoms with Gasteiger partial charge in [-0.3, -0.25) is 4.55 Å². The van der Waals surface area contributed by atoms with E-state index in [1.807, 2.05) is 0 Å². The van der Waals surface area contributed by atoms with Gasteiger partial charge in [-0.2, -0.15) is 8.42 Å². The summed E-state index contributed by atoms with van der Waals surface area (Å²) in [5, 5.41) is 0. The molecule has 0 saturated carbocycles. The van der Waals surface area contributed by atoms with Crippen LogP contribution in [0, 0.1) is 0 Å². The van der Waals surface area contributed by atoms with Gasteiger partial charge in [0.1, 0.15) is 0 Å². The van der Waals surface area contributed by atoms with Crippen molar-refractivity contribution in [2.24, 2.45) is 0 Å². The lowest BCUT2D eigenvalue weighted by molar-refractivity contribution is 0.261. The molecule has 0 atom stereocenters. The molecule has 0 aliphatic carbocycles. The fourth-order valence-electron chi connectivity index (χ4n) is 0.693. The van der Waals surface area contributed by atoms with E-state index < -0.39 is 10.4 Å². The number of rotatable bonds is 6. The average molecular weight is 209 g/mol. The van der Waals surface area contributed by atoms with Crippen LogP contribution in [0.25, 0.3) is 0 Å². The Labute approximate surface area is 89.8 Å². The van der Waals surface area contributed by atoms with Gasteiger partial charge in [0.25, 0.3) is 0 Å². The number of hydrogen-bond acceptors (Lipinski definition) is 3. The van der Waals surface area contributed by atoms with E-state index in [0.29, 0.717) is 6.42 Å². The fraction of sp³-hybridized carbons (Fsp3) is 1.00. The predicted molar refractivity (Wildman–Crippen MR) is 50.2 cm³/mol.